The molecular weight excluding hydrogens is 306 g/mol. The van der Waals surface area contributed by atoms with Crippen LogP contribution in [0, 0.1) is 0 Å². The normalized spacial score (nSPS) is 12.1. The molecule has 7 nitrogen and oxygen atoms in total. The number of aliphatic carboxylic acids is 1. The SMILES string of the molecule is CCN(CC)S(=O)(=O)c1ccc2c(c1)ncn2CCC(=O)O. The highest BCUT2D eigenvalue weighted by molar-refractivity contribution is 7.89. The molecule has 1 aromatic heterocycles. The minimum Gasteiger partial charge on any atom is -0.481 e. The van der Waals surface area contributed by atoms with Gasteiger partial charge in [0.15, 0.2) is 0 Å². The van der Waals surface area contributed by atoms with Gasteiger partial charge in [-0.15, -0.1) is 0 Å². The molecule has 1 aromatic carbocycles. The molecule has 0 atom stereocenters. The molecule has 1 heterocycles. The number of fused-ring (bicyclic) bond motifs is 1. The lowest BCUT2D eigenvalue weighted by molar-refractivity contribution is -0.137. The van der Waals surface area contributed by atoms with E-state index in [2.05, 4.69) is 4.98 Å². The van der Waals surface area contributed by atoms with Crippen LogP contribution < -0.4 is 0 Å². The quantitative estimate of drug-likeness (QED) is 0.833. The number of imidazole rings is 1. The van der Waals surface area contributed by atoms with Crippen LogP contribution in [0.4, 0.5) is 0 Å². The van der Waals surface area contributed by atoms with Gasteiger partial charge >= 0.3 is 5.97 Å². The number of aromatic nitrogens is 2. The Morgan fingerprint density at radius 2 is 2.00 bits per heavy atom. The first-order valence-electron chi connectivity index (χ1n) is 7.07. The van der Waals surface area contributed by atoms with Crippen molar-refractivity contribution in [2.24, 2.45) is 0 Å². The molecule has 1 N–H and O–H groups in total. The Morgan fingerprint density at radius 3 is 2.59 bits per heavy atom. The van der Waals surface area contributed by atoms with Gasteiger partial charge in [0.25, 0.3) is 0 Å². The van der Waals surface area contributed by atoms with E-state index in [0.717, 1.165) is 5.52 Å². The Balaban J connectivity index is 2.38. The molecule has 8 heteroatoms. The van der Waals surface area contributed by atoms with Gasteiger partial charge in [0.05, 0.1) is 28.7 Å². The number of hydrogen-bond acceptors (Lipinski definition) is 4. The Labute approximate surface area is 129 Å². The number of nitrogens with zero attached hydrogens (tertiary/aromatic N) is 3. The van der Waals surface area contributed by atoms with Crippen molar-refractivity contribution in [3.8, 4) is 0 Å². The van der Waals surface area contributed by atoms with E-state index in [1.54, 1.807) is 24.5 Å². The molecule has 0 unspecified atom stereocenters. The molecule has 0 aliphatic heterocycles. The van der Waals surface area contributed by atoms with Crippen LogP contribution in [0.25, 0.3) is 11.0 Å². The average molecular weight is 325 g/mol. The van der Waals surface area contributed by atoms with E-state index in [1.165, 1.54) is 22.8 Å². The third-order valence-corrected chi connectivity index (χ3v) is 5.55. The van der Waals surface area contributed by atoms with Gasteiger partial charge in [0, 0.05) is 19.6 Å². The summed E-state index contributed by atoms with van der Waals surface area (Å²) in [7, 11) is -3.52. The van der Waals surface area contributed by atoms with Gasteiger partial charge in [0.2, 0.25) is 10.0 Å². The lowest BCUT2D eigenvalue weighted by Crippen LogP contribution is -2.30. The van der Waals surface area contributed by atoms with Crippen molar-refractivity contribution >= 4 is 27.0 Å². The maximum Gasteiger partial charge on any atom is 0.305 e. The largest absolute Gasteiger partial charge is 0.481 e. The summed E-state index contributed by atoms with van der Waals surface area (Å²) in [6, 6.07) is 4.73. The van der Waals surface area contributed by atoms with E-state index < -0.39 is 16.0 Å². The van der Waals surface area contributed by atoms with Gasteiger partial charge in [-0.3, -0.25) is 4.79 Å². The maximum atomic E-state index is 12.5. The van der Waals surface area contributed by atoms with Crippen LogP contribution in [-0.2, 0) is 21.4 Å². The minimum atomic E-state index is -3.52. The van der Waals surface area contributed by atoms with Crippen molar-refractivity contribution in [2.75, 3.05) is 13.1 Å². The van der Waals surface area contributed by atoms with Crippen LogP contribution in [0.3, 0.4) is 0 Å². The highest BCUT2D eigenvalue weighted by Gasteiger charge is 2.22. The zero-order chi connectivity index (χ0) is 16.3. The molecule has 0 fully saturated rings. The monoisotopic (exact) mass is 325 g/mol. The molecule has 0 saturated heterocycles. The molecular formula is C14H19N3O4S. The van der Waals surface area contributed by atoms with Crippen LogP contribution in [0.15, 0.2) is 29.4 Å². The fourth-order valence-electron chi connectivity index (χ4n) is 2.31. The second-order valence-electron chi connectivity index (χ2n) is 4.82. The number of hydrogen-bond donors (Lipinski definition) is 1. The van der Waals surface area contributed by atoms with E-state index in [9.17, 15) is 13.2 Å². The van der Waals surface area contributed by atoms with Gasteiger partial charge in [0.1, 0.15) is 0 Å². The Hall–Kier alpha value is -1.93. The first-order valence-corrected chi connectivity index (χ1v) is 8.51. The lowest BCUT2D eigenvalue weighted by atomic mass is 10.3. The zero-order valence-electron chi connectivity index (χ0n) is 12.6. The van der Waals surface area contributed by atoms with Gasteiger partial charge in [-0.25, -0.2) is 13.4 Å². The van der Waals surface area contributed by atoms with Gasteiger partial charge < -0.3 is 9.67 Å². The standard InChI is InChI=1S/C14H19N3O4S/c1-3-17(4-2)22(20,21)11-5-6-13-12(9-11)15-10-16(13)8-7-14(18)19/h5-6,9-10H,3-4,7-8H2,1-2H3,(H,18,19). The molecule has 2 rings (SSSR count). The molecule has 0 radical (unpaired) electrons. The van der Waals surface area contributed by atoms with Crippen LogP contribution in [0.1, 0.15) is 20.3 Å². The molecule has 0 saturated carbocycles. The lowest BCUT2D eigenvalue weighted by Gasteiger charge is -2.18. The minimum absolute atomic E-state index is 0.00897. The first-order chi connectivity index (χ1) is 10.4. The predicted molar refractivity (Wildman–Crippen MR) is 82.1 cm³/mol. The molecule has 2 aromatic rings. The maximum absolute atomic E-state index is 12.5. The third kappa shape index (κ3) is 3.12. The number of carbonyl (C=O) groups is 1. The van der Waals surface area contributed by atoms with Crippen molar-refractivity contribution in [2.45, 2.75) is 31.7 Å². The summed E-state index contributed by atoms with van der Waals surface area (Å²) in [6.07, 6.45) is 1.52. The van der Waals surface area contributed by atoms with Gasteiger partial charge in [-0.05, 0) is 18.2 Å². The van der Waals surface area contributed by atoms with E-state index in [1.807, 2.05) is 0 Å². The summed E-state index contributed by atoms with van der Waals surface area (Å²) in [5.41, 5.74) is 1.26. The van der Waals surface area contributed by atoms with E-state index in [4.69, 9.17) is 5.11 Å². The Morgan fingerprint density at radius 1 is 1.32 bits per heavy atom. The molecule has 0 aliphatic carbocycles. The van der Waals surface area contributed by atoms with Crippen molar-refractivity contribution in [3.05, 3.63) is 24.5 Å². The Kier molecular flexibility index (Phi) is 4.82. The second-order valence-corrected chi connectivity index (χ2v) is 6.76. The number of aryl methyl sites for hydroxylation is 1. The summed E-state index contributed by atoms with van der Waals surface area (Å²) in [4.78, 5) is 15.0. The summed E-state index contributed by atoms with van der Waals surface area (Å²) in [5.74, 6) is -0.886. The van der Waals surface area contributed by atoms with Crippen molar-refractivity contribution < 1.29 is 18.3 Å². The smallest absolute Gasteiger partial charge is 0.305 e. The van der Waals surface area contributed by atoms with Gasteiger partial charge in [-0.2, -0.15) is 4.31 Å². The molecule has 22 heavy (non-hydrogen) atoms. The molecule has 0 amide bonds. The number of sulfonamides is 1. The van der Waals surface area contributed by atoms with Crippen molar-refractivity contribution in [1.29, 1.82) is 0 Å². The number of rotatable bonds is 7. The number of benzene rings is 1. The fourth-order valence-corrected chi connectivity index (χ4v) is 3.79. The highest BCUT2D eigenvalue weighted by Crippen LogP contribution is 2.21. The number of carboxylic acid groups (broad SMARTS) is 1. The summed E-state index contributed by atoms with van der Waals surface area (Å²) in [5, 5.41) is 8.73. The summed E-state index contributed by atoms with van der Waals surface area (Å²) in [6.45, 7) is 4.70. The summed E-state index contributed by atoms with van der Waals surface area (Å²) < 4.78 is 28.0. The first kappa shape index (κ1) is 16.4. The van der Waals surface area contributed by atoms with Crippen LogP contribution in [-0.4, -0.2) is 46.4 Å². The Bertz CT molecular complexity index is 778. The molecule has 120 valence electrons. The van der Waals surface area contributed by atoms with E-state index >= 15 is 0 Å². The van der Waals surface area contributed by atoms with Crippen LogP contribution in [0.5, 0.6) is 0 Å². The number of carboxylic acids is 1. The molecule has 0 aliphatic rings. The van der Waals surface area contributed by atoms with Crippen LogP contribution >= 0.6 is 0 Å². The summed E-state index contributed by atoms with van der Waals surface area (Å²) >= 11 is 0. The molecule has 0 bridgehead atoms. The predicted octanol–water partition coefficient (Wildman–Crippen LogP) is 1.54. The second kappa shape index (κ2) is 6.45. The van der Waals surface area contributed by atoms with E-state index in [0.29, 0.717) is 25.2 Å². The fraction of sp³-hybridized carbons (Fsp3) is 0.429. The van der Waals surface area contributed by atoms with Crippen molar-refractivity contribution in [1.82, 2.24) is 13.9 Å². The van der Waals surface area contributed by atoms with Gasteiger partial charge in [-0.1, -0.05) is 13.8 Å². The topological polar surface area (TPSA) is 92.5 Å². The third-order valence-electron chi connectivity index (χ3n) is 3.50. The molecule has 0 spiro atoms. The van der Waals surface area contributed by atoms with Crippen LogP contribution in [0.2, 0.25) is 0 Å². The zero-order valence-corrected chi connectivity index (χ0v) is 13.4. The highest BCUT2D eigenvalue weighted by atomic mass is 32.2. The van der Waals surface area contributed by atoms with E-state index in [-0.39, 0.29) is 11.3 Å². The average Bonchev–Trinajstić information content (AvgIpc) is 2.88. The van der Waals surface area contributed by atoms with Crippen molar-refractivity contribution in [3.63, 3.8) is 0 Å².